The number of hydrogen-bond acceptors (Lipinski definition) is 5. The summed E-state index contributed by atoms with van der Waals surface area (Å²) in [5, 5.41) is 17.9. The molecule has 8 heteroatoms. The third kappa shape index (κ3) is 5.17. The molecule has 1 N–H and O–H groups in total. The molecule has 0 saturated carbocycles. The van der Waals surface area contributed by atoms with Crippen molar-refractivity contribution >= 4 is 5.91 Å². The lowest BCUT2D eigenvalue weighted by atomic mass is 9.83. The van der Waals surface area contributed by atoms with Crippen LogP contribution in [0.5, 0.6) is 0 Å². The van der Waals surface area contributed by atoms with Gasteiger partial charge in [-0.05, 0) is 50.5 Å². The Labute approximate surface area is 211 Å². The molecule has 1 amide bonds. The summed E-state index contributed by atoms with van der Waals surface area (Å²) in [5.41, 5.74) is 2.47. The van der Waals surface area contributed by atoms with Crippen LogP contribution in [0.2, 0.25) is 0 Å². The van der Waals surface area contributed by atoms with Crippen LogP contribution in [0.15, 0.2) is 36.4 Å². The predicted molar refractivity (Wildman–Crippen MR) is 135 cm³/mol. The van der Waals surface area contributed by atoms with Crippen molar-refractivity contribution in [1.29, 1.82) is 5.26 Å². The van der Waals surface area contributed by atoms with Crippen molar-refractivity contribution in [2.45, 2.75) is 65.3 Å². The summed E-state index contributed by atoms with van der Waals surface area (Å²) < 4.78 is 21.5. The van der Waals surface area contributed by atoms with Gasteiger partial charge in [-0.15, -0.1) is 10.2 Å². The third-order valence-electron chi connectivity index (χ3n) is 6.78. The largest absolute Gasteiger partial charge is 0.371 e. The first-order valence-electron chi connectivity index (χ1n) is 12.4. The molecule has 0 spiro atoms. The lowest BCUT2D eigenvalue weighted by Crippen LogP contribution is -2.43. The summed E-state index contributed by atoms with van der Waals surface area (Å²) in [7, 11) is 0. The lowest BCUT2D eigenvalue weighted by Gasteiger charge is -2.37. The number of aromatic amines is 1. The molecule has 1 aliphatic heterocycles. The van der Waals surface area contributed by atoms with Gasteiger partial charge in [0, 0.05) is 42.6 Å². The fourth-order valence-electron chi connectivity index (χ4n) is 4.72. The second-order valence-corrected chi connectivity index (χ2v) is 9.57. The van der Waals surface area contributed by atoms with E-state index in [0.717, 1.165) is 23.1 Å². The van der Waals surface area contributed by atoms with Crippen molar-refractivity contribution in [3.05, 3.63) is 70.0 Å². The number of nitrogens with zero attached hydrogens (tertiary/aromatic N) is 4. The van der Waals surface area contributed by atoms with E-state index < -0.39 is 5.67 Å². The Morgan fingerprint density at radius 1 is 1.25 bits per heavy atom. The molecule has 1 saturated heterocycles. The Bertz CT molecular complexity index is 1290. The summed E-state index contributed by atoms with van der Waals surface area (Å²) in [5.74, 6) is 1.09. The number of nitrogens with one attached hydrogen (secondary N) is 1. The fraction of sp³-hybridized carbons (Fsp3) is 0.429. The van der Waals surface area contributed by atoms with Crippen molar-refractivity contribution in [2.75, 3.05) is 13.1 Å². The van der Waals surface area contributed by atoms with Gasteiger partial charge < -0.3 is 14.6 Å². The lowest BCUT2D eigenvalue weighted by molar-refractivity contribution is 0.0420. The van der Waals surface area contributed by atoms with Crippen molar-refractivity contribution < 1.29 is 13.9 Å². The topological polar surface area (TPSA) is 94.9 Å². The van der Waals surface area contributed by atoms with Crippen LogP contribution >= 0.6 is 0 Å². The van der Waals surface area contributed by atoms with E-state index >= 15 is 4.39 Å². The highest BCUT2D eigenvalue weighted by Crippen LogP contribution is 2.39. The average molecular weight is 490 g/mol. The number of piperidine rings is 1. The number of aromatic nitrogens is 3. The summed E-state index contributed by atoms with van der Waals surface area (Å²) in [6, 6.07) is 12.8. The van der Waals surface area contributed by atoms with Crippen LogP contribution in [0.3, 0.4) is 0 Å². The first-order chi connectivity index (χ1) is 17.3. The zero-order chi connectivity index (χ0) is 25.9. The molecule has 3 aromatic rings. The number of carbonyl (C=O) groups is 1. The number of aryl methyl sites for hydroxylation is 2. The zero-order valence-electron chi connectivity index (χ0n) is 21.3. The molecular formula is C28H32FN5O2. The summed E-state index contributed by atoms with van der Waals surface area (Å²) in [6.07, 6.45) is 1.15. The van der Waals surface area contributed by atoms with E-state index in [4.69, 9.17) is 4.74 Å². The molecule has 2 heterocycles. The van der Waals surface area contributed by atoms with E-state index in [-0.39, 0.29) is 37.9 Å². The quantitative estimate of drug-likeness (QED) is 0.490. The summed E-state index contributed by atoms with van der Waals surface area (Å²) >= 11 is 0. The van der Waals surface area contributed by atoms with Crippen LogP contribution in [-0.4, -0.2) is 45.2 Å². The van der Waals surface area contributed by atoms with Gasteiger partial charge in [-0.25, -0.2) is 4.39 Å². The fourth-order valence-corrected chi connectivity index (χ4v) is 4.72. The maximum Gasteiger partial charge on any atom is 0.254 e. The second-order valence-electron chi connectivity index (χ2n) is 9.57. The van der Waals surface area contributed by atoms with E-state index in [9.17, 15) is 10.1 Å². The monoisotopic (exact) mass is 489 g/mol. The standard InChI is InChI=1S/C28H32FN5O2/c1-5-20-14-19(4)22(15-23(20)26-31-25(32-33-26)17-36-18(2)3)27(35)34-12-10-28(29,11-13-34)24-9-7-6-8-21(24)16-30/h6-9,14-15,18H,5,10-13,17H2,1-4H3,(H,31,32,33). The Morgan fingerprint density at radius 3 is 2.64 bits per heavy atom. The highest BCUT2D eigenvalue weighted by molar-refractivity contribution is 5.97. The number of halogens is 1. The number of amides is 1. The molecule has 188 valence electrons. The van der Waals surface area contributed by atoms with Crippen LogP contribution in [0.1, 0.15) is 72.0 Å². The minimum absolute atomic E-state index is 0.0781. The van der Waals surface area contributed by atoms with Gasteiger partial charge in [0.2, 0.25) is 0 Å². The van der Waals surface area contributed by atoms with Crippen LogP contribution in [0.4, 0.5) is 4.39 Å². The maximum absolute atomic E-state index is 15.9. The first kappa shape index (κ1) is 25.5. The van der Waals surface area contributed by atoms with E-state index in [1.165, 1.54) is 0 Å². The van der Waals surface area contributed by atoms with Gasteiger partial charge in [-0.3, -0.25) is 4.79 Å². The molecule has 1 aromatic heterocycles. The molecule has 1 aliphatic rings. The Balaban J connectivity index is 1.56. The van der Waals surface area contributed by atoms with Crippen LogP contribution < -0.4 is 0 Å². The molecule has 0 aliphatic carbocycles. The van der Waals surface area contributed by atoms with Gasteiger partial charge in [0.1, 0.15) is 12.3 Å². The van der Waals surface area contributed by atoms with Crippen molar-refractivity contribution in [3.8, 4) is 17.5 Å². The number of carbonyl (C=O) groups excluding carboxylic acids is 1. The highest BCUT2D eigenvalue weighted by atomic mass is 19.1. The number of nitriles is 1. The smallest absolute Gasteiger partial charge is 0.254 e. The zero-order valence-corrected chi connectivity index (χ0v) is 21.3. The highest BCUT2D eigenvalue weighted by Gasteiger charge is 2.39. The number of rotatable bonds is 7. The number of likely N-dealkylation sites (tertiary alicyclic amines) is 1. The normalized spacial score (nSPS) is 15.2. The van der Waals surface area contributed by atoms with Gasteiger partial charge in [-0.1, -0.05) is 31.2 Å². The number of H-pyrrole nitrogens is 1. The van der Waals surface area contributed by atoms with Crippen LogP contribution in [0.25, 0.3) is 11.4 Å². The number of alkyl halides is 1. The molecule has 1 fully saturated rings. The molecular weight excluding hydrogens is 457 g/mol. The molecule has 0 radical (unpaired) electrons. The minimum atomic E-state index is -1.62. The number of ether oxygens (including phenoxy) is 1. The second kappa shape index (κ2) is 10.6. The number of hydrogen-bond donors (Lipinski definition) is 1. The van der Waals surface area contributed by atoms with Crippen LogP contribution in [0, 0.1) is 18.3 Å². The summed E-state index contributed by atoms with van der Waals surface area (Å²) in [4.78, 5) is 18.5. The van der Waals surface area contributed by atoms with E-state index in [0.29, 0.717) is 34.9 Å². The molecule has 0 unspecified atom stereocenters. The third-order valence-corrected chi connectivity index (χ3v) is 6.78. The van der Waals surface area contributed by atoms with Crippen molar-refractivity contribution in [1.82, 2.24) is 20.1 Å². The molecule has 0 bridgehead atoms. The van der Waals surface area contributed by atoms with Gasteiger partial charge in [0.15, 0.2) is 11.6 Å². The Hall–Kier alpha value is -3.57. The van der Waals surface area contributed by atoms with Gasteiger partial charge >= 0.3 is 0 Å². The van der Waals surface area contributed by atoms with Gasteiger partial charge in [0.25, 0.3) is 5.91 Å². The van der Waals surface area contributed by atoms with Crippen LogP contribution in [-0.2, 0) is 23.4 Å². The number of benzene rings is 2. The molecule has 2 aromatic carbocycles. The van der Waals surface area contributed by atoms with Gasteiger partial charge in [0.05, 0.1) is 17.7 Å². The van der Waals surface area contributed by atoms with E-state index in [2.05, 4.69) is 28.2 Å². The minimum Gasteiger partial charge on any atom is -0.371 e. The Kier molecular flexibility index (Phi) is 7.51. The van der Waals surface area contributed by atoms with E-state index in [1.807, 2.05) is 32.9 Å². The van der Waals surface area contributed by atoms with E-state index in [1.54, 1.807) is 29.2 Å². The molecule has 4 rings (SSSR count). The maximum atomic E-state index is 15.9. The molecule has 0 atom stereocenters. The molecule has 7 nitrogen and oxygen atoms in total. The summed E-state index contributed by atoms with van der Waals surface area (Å²) in [6.45, 7) is 8.78. The average Bonchev–Trinajstić information content (AvgIpc) is 3.36. The van der Waals surface area contributed by atoms with Crippen molar-refractivity contribution in [2.24, 2.45) is 0 Å². The predicted octanol–water partition coefficient (Wildman–Crippen LogP) is 5.24. The van der Waals surface area contributed by atoms with Crippen molar-refractivity contribution in [3.63, 3.8) is 0 Å². The SMILES string of the molecule is CCc1cc(C)c(C(=O)N2CCC(F)(c3ccccc3C#N)CC2)cc1-c1nnc(COC(C)C)[nH]1. The Morgan fingerprint density at radius 2 is 1.97 bits per heavy atom. The first-order valence-corrected chi connectivity index (χ1v) is 12.4. The van der Waals surface area contributed by atoms with Gasteiger partial charge in [-0.2, -0.15) is 5.26 Å². The molecule has 36 heavy (non-hydrogen) atoms.